The van der Waals surface area contributed by atoms with Crippen LogP contribution in [0.1, 0.15) is 49.1 Å². The van der Waals surface area contributed by atoms with E-state index in [1.807, 2.05) is 5.51 Å². The molecule has 0 amide bonds. The van der Waals surface area contributed by atoms with Crippen molar-refractivity contribution in [2.24, 2.45) is 5.92 Å². The average Bonchev–Trinajstić information content (AvgIpc) is 3.08. The third kappa shape index (κ3) is 3.18. The maximum absolute atomic E-state index is 4.34. The summed E-state index contributed by atoms with van der Waals surface area (Å²) in [6.07, 6.45) is 8.30. The maximum Gasteiger partial charge on any atom is 0.0798 e. The van der Waals surface area contributed by atoms with Crippen LogP contribution in [-0.2, 0) is 6.54 Å². The van der Waals surface area contributed by atoms with Crippen molar-refractivity contribution in [2.75, 3.05) is 6.54 Å². The van der Waals surface area contributed by atoms with Crippen molar-refractivity contribution in [3.05, 3.63) is 16.1 Å². The molecule has 4 heteroatoms. The maximum atomic E-state index is 4.34. The standard InChI is InChI=1S/C15H25N3S/c1-11-15(19-10-18-11)9-17-14-6-3-2-5-12(14)13-7-4-8-16-13/h10,12-14,16-17H,2-9H2,1H3. The molecule has 1 saturated carbocycles. The van der Waals surface area contributed by atoms with Gasteiger partial charge in [-0.25, -0.2) is 4.98 Å². The van der Waals surface area contributed by atoms with Crippen LogP contribution in [0.3, 0.4) is 0 Å². The molecule has 0 aromatic carbocycles. The molecule has 106 valence electrons. The van der Waals surface area contributed by atoms with Gasteiger partial charge in [-0.15, -0.1) is 11.3 Å². The summed E-state index contributed by atoms with van der Waals surface area (Å²) in [6, 6.07) is 1.46. The van der Waals surface area contributed by atoms with Gasteiger partial charge in [0, 0.05) is 23.5 Å². The van der Waals surface area contributed by atoms with Crippen LogP contribution in [0, 0.1) is 12.8 Å². The summed E-state index contributed by atoms with van der Waals surface area (Å²) in [5.41, 5.74) is 3.16. The molecule has 1 aromatic rings. The zero-order valence-corrected chi connectivity index (χ0v) is 12.6. The molecule has 2 heterocycles. The van der Waals surface area contributed by atoms with Gasteiger partial charge >= 0.3 is 0 Å². The monoisotopic (exact) mass is 279 g/mol. The van der Waals surface area contributed by atoms with E-state index in [4.69, 9.17) is 0 Å². The average molecular weight is 279 g/mol. The Morgan fingerprint density at radius 2 is 2.21 bits per heavy atom. The van der Waals surface area contributed by atoms with E-state index in [1.165, 1.54) is 55.6 Å². The van der Waals surface area contributed by atoms with Crippen LogP contribution in [0.5, 0.6) is 0 Å². The van der Waals surface area contributed by atoms with Crippen molar-refractivity contribution < 1.29 is 0 Å². The van der Waals surface area contributed by atoms with Crippen LogP contribution < -0.4 is 10.6 Å². The van der Waals surface area contributed by atoms with Gasteiger partial charge in [-0.05, 0) is 45.1 Å². The first-order chi connectivity index (χ1) is 9.34. The van der Waals surface area contributed by atoms with Crippen molar-refractivity contribution >= 4 is 11.3 Å². The molecule has 3 unspecified atom stereocenters. The van der Waals surface area contributed by atoms with E-state index in [0.717, 1.165) is 18.5 Å². The number of aryl methyl sites for hydroxylation is 1. The van der Waals surface area contributed by atoms with Gasteiger partial charge < -0.3 is 10.6 Å². The second-order valence-electron chi connectivity index (χ2n) is 6.00. The highest BCUT2D eigenvalue weighted by atomic mass is 32.1. The van der Waals surface area contributed by atoms with Crippen molar-refractivity contribution in [1.29, 1.82) is 0 Å². The third-order valence-corrected chi connectivity index (χ3v) is 5.74. The summed E-state index contributed by atoms with van der Waals surface area (Å²) in [5.74, 6) is 0.837. The smallest absolute Gasteiger partial charge is 0.0798 e. The second-order valence-corrected chi connectivity index (χ2v) is 6.94. The molecule has 19 heavy (non-hydrogen) atoms. The molecule has 3 atom stereocenters. The molecular formula is C15H25N3S. The van der Waals surface area contributed by atoms with Crippen molar-refractivity contribution in [1.82, 2.24) is 15.6 Å². The molecule has 1 aromatic heterocycles. The molecule has 3 nitrogen and oxygen atoms in total. The van der Waals surface area contributed by atoms with Crippen molar-refractivity contribution in [3.8, 4) is 0 Å². The lowest BCUT2D eigenvalue weighted by molar-refractivity contribution is 0.214. The Labute approximate surface area is 120 Å². The molecule has 3 rings (SSSR count). The van der Waals surface area contributed by atoms with Gasteiger partial charge in [0.25, 0.3) is 0 Å². The van der Waals surface area contributed by atoms with Gasteiger partial charge in [0.05, 0.1) is 11.2 Å². The Balaban J connectivity index is 1.59. The van der Waals surface area contributed by atoms with Crippen LogP contribution in [0.2, 0.25) is 0 Å². The van der Waals surface area contributed by atoms with Crippen LogP contribution >= 0.6 is 11.3 Å². The van der Waals surface area contributed by atoms with E-state index < -0.39 is 0 Å². The lowest BCUT2D eigenvalue weighted by Crippen LogP contribution is -2.46. The van der Waals surface area contributed by atoms with Gasteiger partial charge in [-0.1, -0.05) is 12.8 Å². The fourth-order valence-corrected chi connectivity index (χ4v) is 4.42. The van der Waals surface area contributed by atoms with Crippen molar-refractivity contribution in [3.63, 3.8) is 0 Å². The Hall–Kier alpha value is -0.450. The summed E-state index contributed by atoms with van der Waals surface area (Å²) in [6.45, 7) is 4.34. The van der Waals surface area contributed by atoms with E-state index in [1.54, 1.807) is 11.3 Å². The van der Waals surface area contributed by atoms with Gasteiger partial charge in [0.15, 0.2) is 0 Å². The van der Waals surface area contributed by atoms with Gasteiger partial charge in [0.1, 0.15) is 0 Å². The number of hydrogen-bond acceptors (Lipinski definition) is 4. The van der Waals surface area contributed by atoms with Gasteiger partial charge in [0.2, 0.25) is 0 Å². The zero-order valence-electron chi connectivity index (χ0n) is 11.8. The summed E-state index contributed by atoms with van der Waals surface area (Å²) < 4.78 is 0. The number of hydrogen-bond donors (Lipinski definition) is 2. The summed E-state index contributed by atoms with van der Waals surface area (Å²) >= 11 is 1.78. The normalized spacial score (nSPS) is 31.7. The van der Waals surface area contributed by atoms with Crippen LogP contribution in [-0.4, -0.2) is 23.6 Å². The number of aromatic nitrogens is 1. The second kappa shape index (κ2) is 6.33. The first-order valence-corrected chi connectivity index (χ1v) is 8.58. The first-order valence-electron chi connectivity index (χ1n) is 7.70. The molecule has 2 fully saturated rings. The van der Waals surface area contributed by atoms with Crippen LogP contribution in [0.25, 0.3) is 0 Å². The van der Waals surface area contributed by atoms with Gasteiger partial charge in [-0.3, -0.25) is 0 Å². The highest BCUT2D eigenvalue weighted by Crippen LogP contribution is 2.31. The fourth-order valence-electron chi connectivity index (χ4n) is 3.69. The van der Waals surface area contributed by atoms with E-state index in [9.17, 15) is 0 Å². The SMILES string of the molecule is Cc1ncsc1CNC1CCCCC1C1CCCN1. The molecule has 0 bridgehead atoms. The number of nitrogens with one attached hydrogen (secondary N) is 2. The zero-order chi connectivity index (χ0) is 13.1. The van der Waals surface area contributed by atoms with E-state index in [0.29, 0.717) is 6.04 Å². The Kier molecular flexibility index (Phi) is 4.51. The first kappa shape index (κ1) is 13.5. The minimum atomic E-state index is 0.700. The Morgan fingerprint density at radius 3 is 2.95 bits per heavy atom. The van der Waals surface area contributed by atoms with Crippen molar-refractivity contribution in [2.45, 2.75) is 64.1 Å². The molecule has 1 aliphatic carbocycles. The number of rotatable bonds is 4. The largest absolute Gasteiger partial charge is 0.314 e. The Morgan fingerprint density at radius 1 is 1.32 bits per heavy atom. The quantitative estimate of drug-likeness (QED) is 0.890. The number of thiazole rings is 1. The molecular weight excluding hydrogens is 254 g/mol. The highest BCUT2D eigenvalue weighted by molar-refractivity contribution is 7.09. The predicted molar refractivity (Wildman–Crippen MR) is 80.5 cm³/mol. The molecule has 2 aliphatic rings. The summed E-state index contributed by atoms with van der Waals surface area (Å²) in [7, 11) is 0. The minimum absolute atomic E-state index is 0.700. The third-order valence-electron chi connectivity index (χ3n) is 4.80. The van der Waals surface area contributed by atoms with Gasteiger partial charge in [-0.2, -0.15) is 0 Å². The topological polar surface area (TPSA) is 37.0 Å². The summed E-state index contributed by atoms with van der Waals surface area (Å²) in [4.78, 5) is 5.75. The van der Waals surface area contributed by atoms with E-state index in [2.05, 4.69) is 22.5 Å². The summed E-state index contributed by atoms with van der Waals surface area (Å²) in [5, 5.41) is 7.53. The van der Waals surface area contributed by atoms with E-state index in [-0.39, 0.29) is 0 Å². The molecule has 1 aliphatic heterocycles. The minimum Gasteiger partial charge on any atom is -0.314 e. The highest BCUT2D eigenvalue weighted by Gasteiger charge is 2.32. The molecule has 0 radical (unpaired) electrons. The molecule has 2 N–H and O–H groups in total. The fraction of sp³-hybridized carbons (Fsp3) is 0.800. The predicted octanol–water partition coefficient (Wildman–Crippen LogP) is 2.85. The van der Waals surface area contributed by atoms with Crippen LogP contribution in [0.15, 0.2) is 5.51 Å². The van der Waals surface area contributed by atoms with E-state index >= 15 is 0 Å². The van der Waals surface area contributed by atoms with Crippen LogP contribution in [0.4, 0.5) is 0 Å². The Bertz CT molecular complexity index is 398. The molecule has 0 spiro atoms. The lowest BCUT2D eigenvalue weighted by Gasteiger charge is -2.36. The lowest BCUT2D eigenvalue weighted by atomic mass is 9.79. The molecule has 1 saturated heterocycles. The number of nitrogens with zero attached hydrogens (tertiary/aromatic N) is 1.